The van der Waals surface area contributed by atoms with Gasteiger partial charge in [0.2, 0.25) is 5.91 Å². The van der Waals surface area contributed by atoms with E-state index in [2.05, 4.69) is 11.4 Å². The van der Waals surface area contributed by atoms with Crippen molar-refractivity contribution in [3.05, 3.63) is 22.4 Å². The standard InChI is InChI=1S/C14H22N2O3S/c1-18-7-5-16(10-13-3-2-8-20-13)14(17)9-12-11-19-6-4-15-12/h2-3,8,12,15H,4-7,9-11H2,1H3. The Hall–Kier alpha value is -0.950. The molecular formula is C14H22N2O3S. The third-order valence-corrected chi connectivity index (χ3v) is 4.13. The number of ether oxygens (including phenoxy) is 2. The lowest BCUT2D eigenvalue weighted by Gasteiger charge is -2.27. The van der Waals surface area contributed by atoms with Crippen LogP contribution in [0.5, 0.6) is 0 Å². The van der Waals surface area contributed by atoms with Gasteiger partial charge < -0.3 is 19.7 Å². The Morgan fingerprint density at radius 1 is 1.65 bits per heavy atom. The second-order valence-corrected chi connectivity index (χ2v) is 5.85. The van der Waals surface area contributed by atoms with Crippen molar-refractivity contribution in [3.8, 4) is 0 Å². The van der Waals surface area contributed by atoms with E-state index >= 15 is 0 Å². The zero-order valence-corrected chi connectivity index (χ0v) is 12.7. The molecule has 0 spiro atoms. The summed E-state index contributed by atoms with van der Waals surface area (Å²) in [5.41, 5.74) is 0. The molecule has 0 bridgehead atoms. The number of carbonyl (C=O) groups excluding carboxylic acids is 1. The lowest BCUT2D eigenvalue weighted by Crippen LogP contribution is -2.45. The van der Waals surface area contributed by atoms with Crippen molar-refractivity contribution in [2.45, 2.75) is 19.0 Å². The van der Waals surface area contributed by atoms with Crippen molar-refractivity contribution in [3.63, 3.8) is 0 Å². The minimum Gasteiger partial charge on any atom is -0.383 e. The van der Waals surface area contributed by atoms with Gasteiger partial charge in [-0.1, -0.05) is 6.07 Å². The molecule has 1 fully saturated rings. The summed E-state index contributed by atoms with van der Waals surface area (Å²) in [5.74, 6) is 0.151. The van der Waals surface area contributed by atoms with E-state index in [1.54, 1.807) is 18.4 Å². The van der Waals surface area contributed by atoms with Crippen LogP contribution in [0.1, 0.15) is 11.3 Å². The van der Waals surface area contributed by atoms with Gasteiger partial charge in [0, 0.05) is 37.5 Å². The van der Waals surface area contributed by atoms with E-state index in [1.165, 1.54) is 4.88 Å². The van der Waals surface area contributed by atoms with Gasteiger partial charge in [0.15, 0.2) is 0 Å². The molecule has 0 radical (unpaired) electrons. The Morgan fingerprint density at radius 3 is 3.20 bits per heavy atom. The van der Waals surface area contributed by atoms with Gasteiger partial charge in [0.25, 0.3) is 0 Å². The van der Waals surface area contributed by atoms with Gasteiger partial charge >= 0.3 is 0 Å². The highest BCUT2D eigenvalue weighted by atomic mass is 32.1. The molecule has 1 aromatic rings. The number of amides is 1. The highest BCUT2D eigenvalue weighted by molar-refractivity contribution is 7.09. The fourth-order valence-corrected chi connectivity index (χ4v) is 2.89. The molecule has 2 heterocycles. The molecule has 1 N–H and O–H groups in total. The largest absolute Gasteiger partial charge is 0.383 e. The van der Waals surface area contributed by atoms with Crippen LogP contribution in [0.25, 0.3) is 0 Å². The highest BCUT2D eigenvalue weighted by Gasteiger charge is 2.21. The Bertz CT molecular complexity index is 391. The average molecular weight is 298 g/mol. The molecule has 1 unspecified atom stereocenters. The first-order valence-corrected chi connectivity index (χ1v) is 7.78. The zero-order chi connectivity index (χ0) is 14.2. The molecule has 5 nitrogen and oxygen atoms in total. The van der Waals surface area contributed by atoms with Crippen molar-refractivity contribution in [1.29, 1.82) is 0 Å². The van der Waals surface area contributed by atoms with Crippen molar-refractivity contribution < 1.29 is 14.3 Å². The maximum absolute atomic E-state index is 12.4. The molecule has 1 saturated heterocycles. The van der Waals surface area contributed by atoms with Crippen LogP contribution < -0.4 is 5.32 Å². The van der Waals surface area contributed by atoms with Crippen molar-refractivity contribution in [2.24, 2.45) is 0 Å². The molecular weight excluding hydrogens is 276 g/mol. The minimum atomic E-state index is 0.129. The van der Waals surface area contributed by atoms with Gasteiger partial charge in [-0.2, -0.15) is 0 Å². The van der Waals surface area contributed by atoms with E-state index in [4.69, 9.17) is 9.47 Å². The summed E-state index contributed by atoms with van der Waals surface area (Å²) in [5, 5.41) is 5.35. The maximum Gasteiger partial charge on any atom is 0.224 e. The van der Waals surface area contributed by atoms with Gasteiger partial charge in [0.1, 0.15) is 0 Å². The highest BCUT2D eigenvalue weighted by Crippen LogP contribution is 2.13. The predicted molar refractivity (Wildman–Crippen MR) is 78.8 cm³/mol. The third-order valence-electron chi connectivity index (χ3n) is 3.26. The number of hydrogen-bond acceptors (Lipinski definition) is 5. The summed E-state index contributed by atoms with van der Waals surface area (Å²) in [6.07, 6.45) is 0.481. The van der Waals surface area contributed by atoms with Crippen LogP contribution >= 0.6 is 11.3 Å². The van der Waals surface area contributed by atoms with Crippen molar-refractivity contribution in [1.82, 2.24) is 10.2 Å². The van der Waals surface area contributed by atoms with Crippen LogP contribution in [0.4, 0.5) is 0 Å². The quantitative estimate of drug-likeness (QED) is 0.819. The Morgan fingerprint density at radius 2 is 2.55 bits per heavy atom. The van der Waals surface area contributed by atoms with Gasteiger partial charge in [-0.05, 0) is 11.4 Å². The second kappa shape index (κ2) is 8.36. The van der Waals surface area contributed by atoms with Crippen LogP contribution in [0, 0.1) is 0 Å². The molecule has 112 valence electrons. The fraction of sp³-hybridized carbons (Fsp3) is 0.643. The average Bonchev–Trinajstić information content (AvgIpc) is 2.97. The Balaban J connectivity index is 1.88. The summed E-state index contributed by atoms with van der Waals surface area (Å²) in [4.78, 5) is 15.5. The number of carbonyl (C=O) groups is 1. The molecule has 1 aliphatic heterocycles. The van der Waals surface area contributed by atoms with Crippen LogP contribution in [0.2, 0.25) is 0 Å². The van der Waals surface area contributed by atoms with E-state index < -0.39 is 0 Å². The van der Waals surface area contributed by atoms with Gasteiger partial charge in [-0.3, -0.25) is 4.79 Å². The number of rotatable bonds is 7. The molecule has 0 aliphatic carbocycles. The topological polar surface area (TPSA) is 50.8 Å². The predicted octanol–water partition coefficient (Wildman–Crippen LogP) is 1.10. The molecule has 0 saturated carbocycles. The summed E-state index contributed by atoms with van der Waals surface area (Å²) < 4.78 is 10.5. The molecule has 6 heteroatoms. The van der Waals surface area contributed by atoms with Crippen LogP contribution in [0.3, 0.4) is 0 Å². The van der Waals surface area contributed by atoms with Crippen molar-refractivity contribution >= 4 is 17.2 Å². The minimum absolute atomic E-state index is 0.129. The van der Waals surface area contributed by atoms with Crippen LogP contribution in [0.15, 0.2) is 17.5 Å². The number of methoxy groups -OCH3 is 1. The first-order chi connectivity index (χ1) is 9.79. The second-order valence-electron chi connectivity index (χ2n) is 4.82. The SMILES string of the molecule is COCCN(Cc1cccs1)C(=O)CC1COCCN1. The first kappa shape index (κ1) is 15.4. The maximum atomic E-state index is 12.4. The molecule has 1 amide bonds. The van der Waals surface area contributed by atoms with Gasteiger partial charge in [-0.25, -0.2) is 0 Å². The van der Waals surface area contributed by atoms with Gasteiger partial charge in [0.05, 0.1) is 26.4 Å². The van der Waals surface area contributed by atoms with E-state index in [1.807, 2.05) is 16.3 Å². The smallest absolute Gasteiger partial charge is 0.224 e. The molecule has 0 aromatic carbocycles. The monoisotopic (exact) mass is 298 g/mol. The summed E-state index contributed by atoms with van der Waals surface area (Å²) in [6, 6.07) is 4.19. The molecule has 1 aromatic heterocycles. The number of morpholine rings is 1. The fourth-order valence-electron chi connectivity index (χ4n) is 2.17. The van der Waals surface area contributed by atoms with Crippen molar-refractivity contribution in [2.75, 3.05) is 40.0 Å². The molecule has 1 aliphatic rings. The molecule has 1 atom stereocenters. The Labute approximate surface area is 123 Å². The van der Waals surface area contributed by atoms with E-state index in [0.29, 0.717) is 32.7 Å². The lowest BCUT2D eigenvalue weighted by molar-refractivity contribution is -0.133. The van der Waals surface area contributed by atoms with Crippen LogP contribution in [-0.2, 0) is 20.8 Å². The number of hydrogen-bond donors (Lipinski definition) is 1. The van der Waals surface area contributed by atoms with Gasteiger partial charge in [-0.15, -0.1) is 11.3 Å². The third kappa shape index (κ3) is 4.86. The summed E-state index contributed by atoms with van der Waals surface area (Å²) >= 11 is 1.67. The van der Waals surface area contributed by atoms with E-state index in [0.717, 1.165) is 13.2 Å². The first-order valence-electron chi connectivity index (χ1n) is 6.90. The summed E-state index contributed by atoms with van der Waals surface area (Å²) in [6.45, 7) is 4.01. The summed E-state index contributed by atoms with van der Waals surface area (Å²) in [7, 11) is 1.66. The molecule has 20 heavy (non-hydrogen) atoms. The number of thiophene rings is 1. The normalized spacial score (nSPS) is 18.9. The number of nitrogens with one attached hydrogen (secondary N) is 1. The molecule has 2 rings (SSSR count). The lowest BCUT2D eigenvalue weighted by atomic mass is 10.1. The zero-order valence-electron chi connectivity index (χ0n) is 11.8. The number of nitrogens with zero attached hydrogens (tertiary/aromatic N) is 1. The van der Waals surface area contributed by atoms with E-state index in [-0.39, 0.29) is 11.9 Å². The van der Waals surface area contributed by atoms with E-state index in [9.17, 15) is 4.79 Å². The Kier molecular flexibility index (Phi) is 6.46. The van der Waals surface area contributed by atoms with Crippen LogP contribution in [-0.4, -0.2) is 56.9 Å².